The van der Waals surface area contributed by atoms with Crippen molar-refractivity contribution in [1.82, 2.24) is 0 Å². The van der Waals surface area contributed by atoms with Crippen LogP contribution in [0.3, 0.4) is 0 Å². The Morgan fingerprint density at radius 1 is 0.750 bits per heavy atom. The van der Waals surface area contributed by atoms with Crippen LogP contribution in [0, 0.1) is 20.8 Å². The molecule has 2 nitrogen and oxygen atoms in total. The molecule has 0 aliphatic heterocycles. The van der Waals surface area contributed by atoms with Crippen LogP contribution < -0.4 is 0 Å². The molecule has 0 spiro atoms. The largest absolute Gasteiger partial charge is 0.187 e. The molecule has 0 amide bonds. The lowest BCUT2D eigenvalue weighted by atomic mass is 9.93. The van der Waals surface area contributed by atoms with Crippen molar-refractivity contribution >= 4 is 17.4 Å². The summed E-state index contributed by atoms with van der Waals surface area (Å²) in [6.07, 6.45) is 0. The Labute approximate surface area is 146 Å². The van der Waals surface area contributed by atoms with Gasteiger partial charge in [0.15, 0.2) is 0 Å². The minimum atomic E-state index is 0.423. The quantitative estimate of drug-likeness (QED) is 0.542. The maximum Gasteiger partial charge on any atom is 0.101 e. The Kier molecular flexibility index (Phi) is 5.75. The molecule has 2 heteroatoms. The molecule has 0 aliphatic carbocycles. The average molecular weight is 320 g/mol. The van der Waals surface area contributed by atoms with Crippen LogP contribution in [-0.2, 0) is 0 Å². The molecule has 24 heavy (non-hydrogen) atoms. The number of aryl methyl sites for hydroxylation is 3. The highest BCUT2D eigenvalue weighted by Crippen LogP contribution is 2.34. The highest BCUT2D eigenvalue weighted by molar-refractivity contribution is 5.66. The highest BCUT2D eigenvalue weighted by atomic mass is 14.8. The van der Waals surface area contributed by atoms with Crippen molar-refractivity contribution in [3.05, 3.63) is 58.1 Å². The van der Waals surface area contributed by atoms with Gasteiger partial charge in [0, 0.05) is 0 Å². The van der Waals surface area contributed by atoms with E-state index in [0.717, 1.165) is 22.5 Å². The summed E-state index contributed by atoms with van der Waals surface area (Å²) < 4.78 is 0. The van der Waals surface area contributed by atoms with Crippen LogP contribution in [0.25, 0.3) is 0 Å². The Balaban J connectivity index is 2.53. The summed E-state index contributed by atoms with van der Waals surface area (Å²) in [6, 6.07) is 13.7. The van der Waals surface area contributed by atoms with Gasteiger partial charge >= 0.3 is 0 Å². The normalized spacial score (nSPS) is 10.9. The van der Waals surface area contributed by atoms with Gasteiger partial charge in [0.1, 0.15) is 6.01 Å². The SMILES string of the molecule is Cc1cc(C)c(N=C=Nc2c(C(C)C)cccc2C(C)C)c(C)c1. The van der Waals surface area contributed by atoms with E-state index in [-0.39, 0.29) is 0 Å². The standard InChI is InChI=1S/C22H28N2/c1-14(2)19-9-8-10-20(15(3)4)22(19)24-13-23-21-17(6)11-16(5)12-18(21)7/h8-12,14-15H,1-7H3. The summed E-state index contributed by atoms with van der Waals surface area (Å²) in [5.74, 6) is 0.846. The van der Waals surface area contributed by atoms with Gasteiger partial charge in [-0.2, -0.15) is 9.98 Å². The molecule has 0 atom stereocenters. The zero-order valence-electron chi connectivity index (χ0n) is 15.9. The number of para-hydroxylation sites is 1. The van der Waals surface area contributed by atoms with Crippen LogP contribution in [0.15, 0.2) is 40.3 Å². The summed E-state index contributed by atoms with van der Waals surface area (Å²) in [7, 11) is 0. The van der Waals surface area contributed by atoms with Gasteiger partial charge in [-0.05, 0) is 54.9 Å². The second kappa shape index (κ2) is 7.59. The summed E-state index contributed by atoms with van der Waals surface area (Å²) in [5, 5.41) is 0. The molecule has 0 N–H and O–H groups in total. The van der Waals surface area contributed by atoms with Crippen molar-refractivity contribution in [2.24, 2.45) is 9.98 Å². The Hall–Kier alpha value is -2.18. The number of benzene rings is 2. The van der Waals surface area contributed by atoms with Crippen LogP contribution in [0.1, 0.15) is 67.3 Å². The molecule has 0 radical (unpaired) electrons. The first-order valence-electron chi connectivity index (χ1n) is 8.68. The number of rotatable bonds is 4. The average Bonchev–Trinajstić information content (AvgIpc) is 2.49. The molecule has 2 aromatic carbocycles. The summed E-state index contributed by atoms with van der Waals surface area (Å²) in [5.41, 5.74) is 8.08. The molecular formula is C22H28N2. The van der Waals surface area contributed by atoms with Crippen molar-refractivity contribution in [1.29, 1.82) is 0 Å². The molecule has 0 aliphatic rings. The van der Waals surface area contributed by atoms with E-state index >= 15 is 0 Å². The van der Waals surface area contributed by atoms with Crippen molar-refractivity contribution in [2.75, 3.05) is 0 Å². The van der Waals surface area contributed by atoms with Crippen molar-refractivity contribution in [3.8, 4) is 0 Å². The molecule has 2 rings (SSSR count). The molecule has 0 saturated heterocycles. The second-order valence-corrected chi connectivity index (χ2v) is 7.17. The third-order valence-corrected chi connectivity index (χ3v) is 4.30. The van der Waals surface area contributed by atoms with E-state index in [2.05, 4.69) is 94.8 Å². The van der Waals surface area contributed by atoms with Crippen LogP contribution in [-0.4, -0.2) is 6.01 Å². The topological polar surface area (TPSA) is 24.7 Å². The van der Waals surface area contributed by atoms with Gasteiger partial charge < -0.3 is 0 Å². The number of nitrogens with zero attached hydrogens (tertiary/aromatic N) is 2. The summed E-state index contributed by atoms with van der Waals surface area (Å²) in [6.45, 7) is 15.1. The van der Waals surface area contributed by atoms with Crippen LogP contribution in [0.2, 0.25) is 0 Å². The van der Waals surface area contributed by atoms with Gasteiger partial charge in [0.25, 0.3) is 0 Å². The maximum absolute atomic E-state index is 4.63. The fraction of sp³-hybridized carbons (Fsp3) is 0.409. The smallest absolute Gasteiger partial charge is 0.101 e. The summed E-state index contributed by atoms with van der Waals surface area (Å²) >= 11 is 0. The molecule has 0 aromatic heterocycles. The van der Waals surface area contributed by atoms with E-state index < -0.39 is 0 Å². The Bertz CT molecular complexity index is 742. The van der Waals surface area contributed by atoms with E-state index in [0.29, 0.717) is 11.8 Å². The fourth-order valence-electron chi connectivity index (χ4n) is 3.11. The number of aliphatic imine (C=N–C) groups is 2. The zero-order valence-corrected chi connectivity index (χ0v) is 15.9. The number of hydrogen-bond acceptors (Lipinski definition) is 2. The molecule has 126 valence electrons. The first kappa shape index (κ1) is 18.2. The van der Waals surface area contributed by atoms with Gasteiger partial charge in [-0.25, -0.2) is 0 Å². The second-order valence-electron chi connectivity index (χ2n) is 7.17. The maximum atomic E-state index is 4.63. The predicted molar refractivity (Wildman–Crippen MR) is 104 cm³/mol. The van der Waals surface area contributed by atoms with Crippen molar-refractivity contribution in [2.45, 2.75) is 60.3 Å². The fourth-order valence-corrected chi connectivity index (χ4v) is 3.11. The van der Waals surface area contributed by atoms with E-state index in [1.807, 2.05) is 0 Å². The van der Waals surface area contributed by atoms with Crippen LogP contribution >= 0.6 is 0 Å². The van der Waals surface area contributed by atoms with Crippen LogP contribution in [0.4, 0.5) is 11.4 Å². The monoisotopic (exact) mass is 320 g/mol. The lowest BCUT2D eigenvalue weighted by molar-refractivity contribution is 0.835. The van der Waals surface area contributed by atoms with Gasteiger partial charge in [-0.3, -0.25) is 0 Å². The van der Waals surface area contributed by atoms with Crippen molar-refractivity contribution < 1.29 is 0 Å². The molecule has 0 heterocycles. The predicted octanol–water partition coefficient (Wildman–Crippen LogP) is 7.00. The third kappa shape index (κ3) is 4.01. The Morgan fingerprint density at radius 3 is 1.67 bits per heavy atom. The zero-order chi connectivity index (χ0) is 17.9. The summed E-state index contributed by atoms with van der Waals surface area (Å²) in [4.78, 5) is 9.16. The van der Waals surface area contributed by atoms with E-state index in [4.69, 9.17) is 0 Å². The van der Waals surface area contributed by atoms with E-state index in [1.165, 1.54) is 16.7 Å². The molecular weight excluding hydrogens is 292 g/mol. The van der Waals surface area contributed by atoms with Crippen molar-refractivity contribution in [3.63, 3.8) is 0 Å². The lowest BCUT2D eigenvalue weighted by Crippen LogP contribution is -1.95. The molecule has 0 fully saturated rings. The van der Waals surface area contributed by atoms with Crippen LogP contribution in [0.5, 0.6) is 0 Å². The highest BCUT2D eigenvalue weighted by Gasteiger charge is 2.12. The van der Waals surface area contributed by atoms with E-state index in [1.54, 1.807) is 0 Å². The minimum Gasteiger partial charge on any atom is -0.187 e. The van der Waals surface area contributed by atoms with Gasteiger partial charge in [-0.15, -0.1) is 0 Å². The van der Waals surface area contributed by atoms with E-state index in [9.17, 15) is 0 Å². The lowest BCUT2D eigenvalue weighted by Gasteiger charge is -2.15. The Morgan fingerprint density at radius 2 is 1.21 bits per heavy atom. The minimum absolute atomic E-state index is 0.423. The van der Waals surface area contributed by atoms with Gasteiger partial charge in [0.2, 0.25) is 0 Å². The molecule has 2 aromatic rings. The van der Waals surface area contributed by atoms with Gasteiger partial charge in [-0.1, -0.05) is 63.6 Å². The molecule has 0 saturated carbocycles. The number of hydrogen-bond donors (Lipinski definition) is 0. The third-order valence-electron chi connectivity index (χ3n) is 4.30. The first-order valence-corrected chi connectivity index (χ1v) is 8.68. The molecule has 0 bridgehead atoms. The molecule has 0 unspecified atom stereocenters. The van der Waals surface area contributed by atoms with Gasteiger partial charge in [0.05, 0.1) is 11.4 Å². The first-order chi connectivity index (χ1) is 11.3.